The fourth-order valence-electron chi connectivity index (χ4n) is 2.56. The molecule has 3 rings (SSSR count). The zero-order valence-corrected chi connectivity index (χ0v) is 15.3. The van der Waals surface area contributed by atoms with E-state index in [1.165, 1.54) is 11.3 Å². The van der Waals surface area contributed by atoms with Crippen LogP contribution in [0.3, 0.4) is 0 Å². The van der Waals surface area contributed by atoms with Gasteiger partial charge in [-0.25, -0.2) is 13.8 Å². The number of amides is 1. The van der Waals surface area contributed by atoms with E-state index in [1.807, 2.05) is 31.2 Å². The topological polar surface area (TPSA) is 63.2 Å². The molecule has 1 aliphatic rings. The van der Waals surface area contributed by atoms with Gasteiger partial charge in [0.1, 0.15) is 5.75 Å². The number of aromatic nitrogens is 1. The van der Waals surface area contributed by atoms with Crippen LogP contribution in [-0.2, 0) is 4.79 Å². The lowest BCUT2D eigenvalue weighted by molar-refractivity contribution is -0.118. The molecule has 0 spiro atoms. The number of carbonyl (C=O) groups is 1. The summed E-state index contributed by atoms with van der Waals surface area (Å²) in [5.74, 6) is -2.58. The van der Waals surface area contributed by atoms with Crippen LogP contribution in [0.15, 0.2) is 24.3 Å². The van der Waals surface area contributed by atoms with Crippen molar-refractivity contribution >= 4 is 34.8 Å². The minimum Gasteiger partial charge on any atom is -0.497 e. The SMILES string of the molecule is COc1ccc(-c2nc(NC(=O)C3CC(F)(F)CN3)sc2C)cc1.Cl. The van der Waals surface area contributed by atoms with Gasteiger partial charge in [0.05, 0.1) is 25.4 Å². The first kappa shape index (κ1) is 19.6. The number of carbonyl (C=O) groups excluding carboxylic acids is 1. The van der Waals surface area contributed by atoms with Gasteiger partial charge in [0.15, 0.2) is 5.13 Å². The van der Waals surface area contributed by atoms with Gasteiger partial charge in [-0.2, -0.15) is 0 Å². The first-order chi connectivity index (χ1) is 11.4. The van der Waals surface area contributed by atoms with Crippen molar-refractivity contribution in [2.45, 2.75) is 25.3 Å². The van der Waals surface area contributed by atoms with Crippen LogP contribution in [0.25, 0.3) is 11.3 Å². The number of thiazole rings is 1. The van der Waals surface area contributed by atoms with Crippen LogP contribution >= 0.6 is 23.7 Å². The number of aryl methyl sites for hydroxylation is 1. The van der Waals surface area contributed by atoms with E-state index >= 15 is 0 Å². The van der Waals surface area contributed by atoms with Gasteiger partial charge in [-0.1, -0.05) is 0 Å². The van der Waals surface area contributed by atoms with Gasteiger partial charge in [0.25, 0.3) is 5.92 Å². The van der Waals surface area contributed by atoms with Crippen molar-refractivity contribution < 1.29 is 18.3 Å². The summed E-state index contributed by atoms with van der Waals surface area (Å²) in [6, 6.07) is 6.53. The molecule has 2 aromatic rings. The Morgan fingerprint density at radius 3 is 2.64 bits per heavy atom. The number of ether oxygens (including phenoxy) is 1. The molecule has 136 valence electrons. The van der Waals surface area contributed by atoms with E-state index in [4.69, 9.17) is 4.74 Å². The third kappa shape index (κ3) is 4.45. The average molecular weight is 390 g/mol. The molecule has 1 amide bonds. The van der Waals surface area contributed by atoms with E-state index in [-0.39, 0.29) is 12.4 Å². The Kier molecular flexibility index (Phi) is 5.97. The van der Waals surface area contributed by atoms with E-state index in [0.29, 0.717) is 5.13 Å². The molecule has 2 heterocycles. The number of rotatable bonds is 4. The molecule has 1 aliphatic heterocycles. The molecule has 1 fully saturated rings. The second kappa shape index (κ2) is 7.63. The monoisotopic (exact) mass is 389 g/mol. The lowest BCUT2D eigenvalue weighted by Gasteiger charge is -2.09. The zero-order valence-electron chi connectivity index (χ0n) is 13.6. The maximum absolute atomic E-state index is 13.2. The lowest BCUT2D eigenvalue weighted by Crippen LogP contribution is -2.35. The van der Waals surface area contributed by atoms with E-state index in [9.17, 15) is 13.6 Å². The minimum absolute atomic E-state index is 0. The molecular weight excluding hydrogens is 372 g/mol. The number of benzene rings is 1. The van der Waals surface area contributed by atoms with Crippen molar-refractivity contribution in [3.05, 3.63) is 29.1 Å². The summed E-state index contributed by atoms with van der Waals surface area (Å²) in [6.07, 6.45) is -0.492. The maximum atomic E-state index is 13.2. The van der Waals surface area contributed by atoms with E-state index in [0.717, 1.165) is 21.9 Å². The fraction of sp³-hybridized carbons (Fsp3) is 0.375. The molecule has 1 aromatic heterocycles. The van der Waals surface area contributed by atoms with Crippen LogP contribution in [0.2, 0.25) is 0 Å². The molecule has 0 bridgehead atoms. The fourth-order valence-corrected chi connectivity index (χ4v) is 3.40. The number of nitrogens with one attached hydrogen (secondary N) is 2. The Morgan fingerprint density at radius 2 is 2.08 bits per heavy atom. The maximum Gasteiger partial charge on any atom is 0.262 e. The van der Waals surface area contributed by atoms with Gasteiger partial charge >= 0.3 is 0 Å². The Balaban J connectivity index is 0.00000225. The first-order valence-electron chi connectivity index (χ1n) is 7.42. The van der Waals surface area contributed by atoms with Gasteiger partial charge in [0, 0.05) is 16.9 Å². The van der Waals surface area contributed by atoms with Gasteiger partial charge in [-0.05, 0) is 31.2 Å². The summed E-state index contributed by atoms with van der Waals surface area (Å²) in [7, 11) is 1.59. The number of hydrogen-bond donors (Lipinski definition) is 2. The van der Waals surface area contributed by atoms with Gasteiger partial charge in [0.2, 0.25) is 5.91 Å². The van der Waals surface area contributed by atoms with E-state index in [2.05, 4.69) is 15.6 Å². The van der Waals surface area contributed by atoms with Crippen molar-refractivity contribution in [1.29, 1.82) is 0 Å². The zero-order chi connectivity index (χ0) is 17.3. The van der Waals surface area contributed by atoms with Crippen molar-refractivity contribution in [2.24, 2.45) is 0 Å². The summed E-state index contributed by atoms with van der Waals surface area (Å²) in [6.45, 7) is 1.42. The predicted octanol–water partition coefficient (Wildman–Crippen LogP) is 3.48. The molecule has 0 saturated carbocycles. The van der Waals surface area contributed by atoms with Crippen molar-refractivity contribution in [2.75, 3.05) is 19.0 Å². The number of nitrogens with zero attached hydrogens (tertiary/aromatic N) is 1. The minimum atomic E-state index is -2.84. The second-order valence-corrected chi connectivity index (χ2v) is 6.84. The first-order valence-corrected chi connectivity index (χ1v) is 8.23. The van der Waals surface area contributed by atoms with E-state index < -0.39 is 30.8 Å². The average Bonchev–Trinajstić information content (AvgIpc) is 3.09. The van der Waals surface area contributed by atoms with Crippen LogP contribution in [0, 0.1) is 6.92 Å². The molecule has 9 heteroatoms. The second-order valence-electron chi connectivity index (χ2n) is 5.64. The molecule has 0 aliphatic carbocycles. The Morgan fingerprint density at radius 1 is 1.40 bits per heavy atom. The quantitative estimate of drug-likeness (QED) is 0.840. The molecule has 25 heavy (non-hydrogen) atoms. The molecule has 1 atom stereocenters. The van der Waals surface area contributed by atoms with Gasteiger partial charge < -0.3 is 10.1 Å². The lowest BCUT2D eigenvalue weighted by atomic mass is 10.1. The Hall–Kier alpha value is -1.77. The van der Waals surface area contributed by atoms with Crippen LogP contribution in [0.5, 0.6) is 5.75 Å². The number of anilines is 1. The van der Waals surface area contributed by atoms with Crippen molar-refractivity contribution in [3.8, 4) is 17.0 Å². The number of methoxy groups -OCH3 is 1. The van der Waals surface area contributed by atoms with Gasteiger partial charge in [-0.3, -0.25) is 10.1 Å². The predicted molar refractivity (Wildman–Crippen MR) is 96.1 cm³/mol. The van der Waals surface area contributed by atoms with E-state index in [1.54, 1.807) is 7.11 Å². The molecule has 1 saturated heterocycles. The van der Waals surface area contributed by atoms with Crippen LogP contribution < -0.4 is 15.4 Å². The Bertz CT molecular complexity index is 752. The molecule has 0 radical (unpaired) electrons. The normalized spacial score (nSPS) is 18.5. The van der Waals surface area contributed by atoms with Crippen LogP contribution in [0.1, 0.15) is 11.3 Å². The number of halogens is 3. The molecular formula is C16H18ClF2N3O2S. The third-order valence-electron chi connectivity index (χ3n) is 3.82. The summed E-state index contributed by atoms with van der Waals surface area (Å²) < 4.78 is 31.5. The highest BCUT2D eigenvalue weighted by Gasteiger charge is 2.42. The third-order valence-corrected chi connectivity index (χ3v) is 4.70. The highest BCUT2D eigenvalue weighted by atomic mass is 35.5. The molecule has 2 N–H and O–H groups in total. The van der Waals surface area contributed by atoms with Crippen LogP contribution in [-0.4, -0.2) is 36.5 Å². The highest BCUT2D eigenvalue weighted by Crippen LogP contribution is 2.32. The summed E-state index contributed by atoms with van der Waals surface area (Å²) in [5, 5.41) is 5.56. The van der Waals surface area contributed by atoms with Crippen molar-refractivity contribution in [1.82, 2.24) is 10.3 Å². The van der Waals surface area contributed by atoms with Crippen LogP contribution in [0.4, 0.5) is 13.9 Å². The molecule has 1 unspecified atom stereocenters. The highest BCUT2D eigenvalue weighted by molar-refractivity contribution is 7.16. The summed E-state index contributed by atoms with van der Waals surface area (Å²) >= 11 is 1.32. The Labute approximate surface area is 154 Å². The number of hydrogen-bond acceptors (Lipinski definition) is 5. The number of alkyl halides is 2. The molecule has 1 aromatic carbocycles. The smallest absolute Gasteiger partial charge is 0.262 e. The molecule has 5 nitrogen and oxygen atoms in total. The summed E-state index contributed by atoms with van der Waals surface area (Å²) in [5.41, 5.74) is 1.65. The largest absolute Gasteiger partial charge is 0.497 e. The van der Waals surface area contributed by atoms with Gasteiger partial charge in [-0.15, -0.1) is 23.7 Å². The summed E-state index contributed by atoms with van der Waals surface area (Å²) in [4.78, 5) is 17.4. The standard InChI is InChI=1S/C16H17F2N3O2S.ClH/c1-9-13(10-3-5-11(23-2)6-4-10)20-15(24-9)21-14(22)12-7-16(17,18)8-19-12;/h3-6,12,19H,7-8H2,1-2H3,(H,20,21,22);1H. The van der Waals surface area contributed by atoms with Crippen molar-refractivity contribution in [3.63, 3.8) is 0 Å².